The van der Waals surface area contributed by atoms with Gasteiger partial charge in [-0.2, -0.15) is 0 Å². The molecule has 0 aliphatic carbocycles. The molecule has 26 heavy (non-hydrogen) atoms. The predicted molar refractivity (Wildman–Crippen MR) is 110 cm³/mol. The Morgan fingerprint density at radius 1 is 1.08 bits per heavy atom. The summed E-state index contributed by atoms with van der Waals surface area (Å²) in [6, 6.07) is 16.4. The predicted octanol–water partition coefficient (Wildman–Crippen LogP) is 3.58. The molecular formula is C20H22N2O2S2. The van der Waals surface area contributed by atoms with Crippen LogP contribution in [0.5, 0.6) is 0 Å². The summed E-state index contributed by atoms with van der Waals surface area (Å²) < 4.78 is 24.2. The van der Waals surface area contributed by atoms with Gasteiger partial charge >= 0.3 is 0 Å². The molecule has 0 saturated carbocycles. The second kappa shape index (κ2) is 6.74. The average Bonchev–Trinajstić information content (AvgIpc) is 3.06. The van der Waals surface area contributed by atoms with Gasteiger partial charge in [-0.3, -0.25) is 4.99 Å². The Kier molecular flexibility index (Phi) is 4.57. The van der Waals surface area contributed by atoms with Crippen LogP contribution in [0.4, 0.5) is 5.69 Å². The molecule has 0 radical (unpaired) electrons. The number of benzene rings is 2. The lowest BCUT2D eigenvalue weighted by molar-refractivity contribution is 0.601. The van der Waals surface area contributed by atoms with Crippen LogP contribution in [0.15, 0.2) is 53.5 Å². The molecule has 136 valence electrons. The van der Waals surface area contributed by atoms with E-state index >= 15 is 0 Å². The minimum absolute atomic E-state index is 0.0814. The van der Waals surface area contributed by atoms with Gasteiger partial charge in [0.15, 0.2) is 15.0 Å². The largest absolute Gasteiger partial charge is 0.315 e. The molecule has 4 rings (SSSR count). The van der Waals surface area contributed by atoms with Gasteiger partial charge in [0.25, 0.3) is 0 Å². The van der Waals surface area contributed by atoms with Gasteiger partial charge < -0.3 is 4.90 Å². The molecule has 1 fully saturated rings. The number of rotatable bonds is 3. The Morgan fingerprint density at radius 3 is 2.54 bits per heavy atom. The fourth-order valence-corrected chi connectivity index (χ4v) is 6.60. The monoisotopic (exact) mass is 386 g/mol. The molecule has 1 saturated heterocycles. The van der Waals surface area contributed by atoms with Crippen LogP contribution < -0.4 is 4.90 Å². The SMILES string of the molecule is Cc1ccc(N2C(SCc3ccccc3C)=N[C@@H]3CS(=O)(=O)C[C@H]32)cc1. The third-order valence-electron chi connectivity index (χ3n) is 5.04. The number of anilines is 1. The molecule has 2 aromatic carbocycles. The van der Waals surface area contributed by atoms with Crippen LogP contribution in [0, 0.1) is 13.8 Å². The summed E-state index contributed by atoms with van der Waals surface area (Å²) in [4.78, 5) is 6.93. The summed E-state index contributed by atoms with van der Waals surface area (Å²) in [5, 5.41) is 0.932. The van der Waals surface area contributed by atoms with Crippen molar-refractivity contribution in [3.8, 4) is 0 Å². The molecule has 0 unspecified atom stereocenters. The summed E-state index contributed by atoms with van der Waals surface area (Å²) in [5.74, 6) is 1.18. The Hall–Kier alpha value is -1.79. The first-order chi connectivity index (χ1) is 12.4. The lowest BCUT2D eigenvalue weighted by Gasteiger charge is -2.26. The topological polar surface area (TPSA) is 49.7 Å². The molecule has 2 aromatic rings. The van der Waals surface area contributed by atoms with Gasteiger partial charge in [-0.05, 0) is 37.1 Å². The van der Waals surface area contributed by atoms with Gasteiger partial charge in [-0.15, -0.1) is 0 Å². The third-order valence-corrected chi connectivity index (χ3v) is 7.75. The molecule has 0 spiro atoms. The zero-order valence-electron chi connectivity index (χ0n) is 14.9. The molecule has 2 atom stereocenters. The second-order valence-electron chi connectivity index (χ2n) is 7.04. The Morgan fingerprint density at radius 2 is 1.81 bits per heavy atom. The summed E-state index contributed by atoms with van der Waals surface area (Å²) in [5.41, 5.74) is 4.77. The van der Waals surface area contributed by atoms with E-state index in [0.29, 0.717) is 0 Å². The summed E-state index contributed by atoms with van der Waals surface area (Å²) in [6.45, 7) is 4.17. The van der Waals surface area contributed by atoms with E-state index in [9.17, 15) is 8.42 Å². The second-order valence-corrected chi connectivity index (χ2v) is 10.1. The van der Waals surface area contributed by atoms with Gasteiger partial charge in [0.1, 0.15) is 0 Å². The molecule has 0 N–H and O–H groups in total. The van der Waals surface area contributed by atoms with Crippen LogP contribution in [0.2, 0.25) is 0 Å². The maximum absolute atomic E-state index is 12.1. The van der Waals surface area contributed by atoms with Crippen molar-refractivity contribution >= 4 is 32.5 Å². The van der Waals surface area contributed by atoms with Gasteiger partial charge in [0.2, 0.25) is 0 Å². The molecule has 4 nitrogen and oxygen atoms in total. The highest BCUT2D eigenvalue weighted by Gasteiger charge is 2.47. The number of fused-ring (bicyclic) bond motifs is 1. The summed E-state index contributed by atoms with van der Waals surface area (Å²) in [7, 11) is -3.01. The van der Waals surface area contributed by atoms with E-state index in [4.69, 9.17) is 4.99 Å². The van der Waals surface area contributed by atoms with Crippen LogP contribution in [0.1, 0.15) is 16.7 Å². The van der Waals surface area contributed by atoms with Gasteiger partial charge in [-0.1, -0.05) is 53.7 Å². The Balaban J connectivity index is 1.63. The number of aryl methyl sites for hydroxylation is 2. The standard InChI is InChI=1S/C20H22N2O2S2/c1-14-7-9-17(10-8-14)22-19-13-26(23,24)12-18(19)21-20(22)25-11-16-6-4-3-5-15(16)2/h3-10,18-19H,11-13H2,1-2H3/t18-,19-/m1/s1. The van der Waals surface area contributed by atoms with E-state index in [-0.39, 0.29) is 23.6 Å². The van der Waals surface area contributed by atoms with Crippen LogP contribution in [-0.2, 0) is 15.6 Å². The van der Waals surface area contributed by atoms with Gasteiger partial charge in [0.05, 0.1) is 23.6 Å². The van der Waals surface area contributed by atoms with Crippen LogP contribution in [0.25, 0.3) is 0 Å². The van der Waals surface area contributed by atoms with Crippen molar-refractivity contribution in [3.05, 3.63) is 65.2 Å². The van der Waals surface area contributed by atoms with Crippen LogP contribution >= 0.6 is 11.8 Å². The number of hydrogen-bond donors (Lipinski definition) is 0. The molecule has 0 bridgehead atoms. The highest BCUT2D eigenvalue weighted by atomic mass is 32.2. The van der Waals surface area contributed by atoms with Crippen molar-refractivity contribution in [2.45, 2.75) is 31.7 Å². The van der Waals surface area contributed by atoms with Gasteiger partial charge in [-0.25, -0.2) is 8.42 Å². The minimum Gasteiger partial charge on any atom is -0.315 e. The molecular weight excluding hydrogens is 364 g/mol. The smallest absolute Gasteiger partial charge is 0.164 e. The fourth-order valence-electron chi connectivity index (χ4n) is 3.55. The highest BCUT2D eigenvalue weighted by Crippen LogP contribution is 2.36. The Labute approximate surface area is 159 Å². The van der Waals surface area contributed by atoms with E-state index in [2.05, 4.69) is 61.2 Å². The number of nitrogens with zero attached hydrogens (tertiary/aromatic N) is 2. The molecule has 2 heterocycles. The minimum atomic E-state index is -3.01. The number of amidine groups is 1. The summed E-state index contributed by atoms with van der Waals surface area (Å²) in [6.07, 6.45) is 0. The zero-order valence-corrected chi connectivity index (χ0v) is 16.6. The van der Waals surface area contributed by atoms with E-state index in [0.717, 1.165) is 16.6 Å². The lowest BCUT2D eigenvalue weighted by atomic mass is 10.1. The lowest BCUT2D eigenvalue weighted by Crippen LogP contribution is -2.39. The molecule has 2 aliphatic heterocycles. The quantitative estimate of drug-likeness (QED) is 0.809. The van der Waals surface area contributed by atoms with Crippen molar-refractivity contribution in [3.63, 3.8) is 0 Å². The van der Waals surface area contributed by atoms with Crippen molar-refractivity contribution in [1.29, 1.82) is 0 Å². The van der Waals surface area contributed by atoms with E-state index < -0.39 is 9.84 Å². The van der Waals surface area contributed by atoms with E-state index in [1.54, 1.807) is 11.8 Å². The normalized spacial score (nSPS) is 23.8. The van der Waals surface area contributed by atoms with Gasteiger partial charge in [0, 0.05) is 11.4 Å². The number of thioether (sulfide) groups is 1. The molecule has 0 aromatic heterocycles. The first-order valence-corrected chi connectivity index (χ1v) is 11.5. The fraction of sp³-hybridized carbons (Fsp3) is 0.350. The number of sulfone groups is 1. The maximum atomic E-state index is 12.1. The molecule has 2 aliphatic rings. The van der Waals surface area contributed by atoms with Crippen molar-refractivity contribution in [1.82, 2.24) is 0 Å². The molecule has 0 amide bonds. The van der Waals surface area contributed by atoms with Crippen LogP contribution in [0.3, 0.4) is 0 Å². The van der Waals surface area contributed by atoms with Crippen molar-refractivity contribution < 1.29 is 8.42 Å². The van der Waals surface area contributed by atoms with E-state index in [1.165, 1.54) is 16.7 Å². The number of hydrogen-bond acceptors (Lipinski definition) is 5. The van der Waals surface area contributed by atoms with E-state index in [1.807, 2.05) is 6.07 Å². The third kappa shape index (κ3) is 3.40. The van der Waals surface area contributed by atoms with Crippen LogP contribution in [-0.4, -0.2) is 37.2 Å². The van der Waals surface area contributed by atoms with Crippen molar-refractivity contribution in [2.75, 3.05) is 16.4 Å². The zero-order chi connectivity index (χ0) is 18.3. The number of aliphatic imine (C=N–C) groups is 1. The highest BCUT2D eigenvalue weighted by molar-refractivity contribution is 8.13. The maximum Gasteiger partial charge on any atom is 0.164 e. The summed E-state index contributed by atoms with van der Waals surface area (Å²) >= 11 is 1.70. The van der Waals surface area contributed by atoms with Crippen molar-refractivity contribution in [2.24, 2.45) is 4.99 Å². The first-order valence-electron chi connectivity index (χ1n) is 8.74. The average molecular weight is 387 g/mol. The first kappa shape index (κ1) is 17.6. The molecule has 6 heteroatoms. The Bertz CT molecular complexity index is 952.